The second kappa shape index (κ2) is 5.49. The number of halogens is 2. The molecule has 2 rings (SSSR count). The molecule has 0 aliphatic heterocycles. The van der Waals surface area contributed by atoms with Crippen LogP contribution in [0.5, 0.6) is 0 Å². The first-order valence-electron chi connectivity index (χ1n) is 6.15. The van der Waals surface area contributed by atoms with Crippen molar-refractivity contribution in [2.45, 2.75) is 18.8 Å². The molecule has 0 aliphatic carbocycles. The van der Waals surface area contributed by atoms with Crippen LogP contribution in [0.2, 0.25) is 0 Å². The van der Waals surface area contributed by atoms with Crippen LogP contribution in [0.4, 0.5) is 8.78 Å². The first-order chi connectivity index (χ1) is 9.03. The quantitative estimate of drug-likeness (QED) is 0.894. The second-order valence-electron chi connectivity index (χ2n) is 5.03. The van der Waals surface area contributed by atoms with E-state index in [1.165, 1.54) is 24.3 Å². The normalized spacial score (nSPS) is 14.1. The molecule has 1 nitrogen and oxygen atoms in total. The number of rotatable bonds is 4. The van der Waals surface area contributed by atoms with E-state index in [2.05, 4.69) is 0 Å². The van der Waals surface area contributed by atoms with Crippen molar-refractivity contribution in [3.63, 3.8) is 0 Å². The van der Waals surface area contributed by atoms with Gasteiger partial charge in [0, 0.05) is 5.41 Å². The number of hydrogen-bond donors (Lipinski definition) is 1. The molecule has 3 heteroatoms. The molecule has 0 amide bonds. The molecule has 0 saturated carbocycles. The summed E-state index contributed by atoms with van der Waals surface area (Å²) in [5.74, 6) is -0.614. The average Bonchev–Trinajstić information content (AvgIpc) is 2.41. The van der Waals surface area contributed by atoms with E-state index in [0.717, 1.165) is 11.1 Å². The van der Waals surface area contributed by atoms with Gasteiger partial charge in [-0.2, -0.15) is 0 Å². The third-order valence-corrected chi connectivity index (χ3v) is 3.38. The van der Waals surface area contributed by atoms with Crippen LogP contribution in [0.25, 0.3) is 0 Å². The molecule has 0 spiro atoms. The van der Waals surface area contributed by atoms with Gasteiger partial charge in [0.15, 0.2) is 0 Å². The van der Waals surface area contributed by atoms with E-state index in [4.69, 9.17) is 0 Å². The molecule has 0 bridgehead atoms. The molecule has 2 aromatic carbocycles. The highest BCUT2D eigenvalue weighted by Gasteiger charge is 2.26. The summed E-state index contributed by atoms with van der Waals surface area (Å²) in [6.07, 6.45) is 0.521. The fourth-order valence-corrected chi connectivity index (χ4v) is 2.17. The fraction of sp³-hybridized carbons (Fsp3) is 0.250. The number of hydrogen-bond acceptors (Lipinski definition) is 1. The zero-order valence-electron chi connectivity index (χ0n) is 10.7. The zero-order chi connectivity index (χ0) is 13.9. The predicted molar refractivity (Wildman–Crippen MR) is 70.9 cm³/mol. The highest BCUT2D eigenvalue weighted by atomic mass is 19.1. The van der Waals surface area contributed by atoms with Gasteiger partial charge >= 0.3 is 0 Å². The van der Waals surface area contributed by atoms with Crippen molar-refractivity contribution >= 4 is 0 Å². The lowest BCUT2D eigenvalue weighted by Crippen LogP contribution is -2.29. The van der Waals surface area contributed by atoms with E-state index in [1.807, 2.05) is 6.92 Å². The Morgan fingerprint density at radius 1 is 1.00 bits per heavy atom. The Hall–Kier alpha value is -1.74. The Morgan fingerprint density at radius 3 is 2.26 bits per heavy atom. The minimum atomic E-state index is -0.583. The van der Waals surface area contributed by atoms with Crippen molar-refractivity contribution in [1.82, 2.24) is 0 Å². The molecule has 1 N–H and O–H groups in total. The van der Waals surface area contributed by atoms with E-state index in [9.17, 15) is 13.9 Å². The van der Waals surface area contributed by atoms with Crippen molar-refractivity contribution in [3.8, 4) is 0 Å². The lowest BCUT2D eigenvalue weighted by atomic mass is 9.78. The SMILES string of the molecule is CC(CO)(Cc1ccc(F)cc1)c1cccc(F)c1. The maximum absolute atomic E-state index is 13.3. The van der Waals surface area contributed by atoms with Gasteiger partial charge in [0.05, 0.1) is 6.61 Å². The maximum atomic E-state index is 13.3. The van der Waals surface area contributed by atoms with Gasteiger partial charge in [-0.25, -0.2) is 8.78 Å². The minimum absolute atomic E-state index is 0.103. The molecule has 2 aromatic rings. The summed E-state index contributed by atoms with van der Waals surface area (Å²) in [5.41, 5.74) is 1.06. The number of aliphatic hydroxyl groups excluding tert-OH is 1. The van der Waals surface area contributed by atoms with Crippen molar-refractivity contribution in [2.24, 2.45) is 0 Å². The van der Waals surface area contributed by atoms with Crippen LogP contribution >= 0.6 is 0 Å². The summed E-state index contributed by atoms with van der Waals surface area (Å²) in [7, 11) is 0. The van der Waals surface area contributed by atoms with Crippen LogP contribution in [0.1, 0.15) is 18.1 Å². The van der Waals surface area contributed by atoms with E-state index in [-0.39, 0.29) is 18.2 Å². The Labute approximate surface area is 111 Å². The average molecular weight is 262 g/mol. The van der Waals surface area contributed by atoms with Crippen LogP contribution in [0.15, 0.2) is 48.5 Å². The van der Waals surface area contributed by atoms with Gasteiger partial charge in [-0.15, -0.1) is 0 Å². The van der Waals surface area contributed by atoms with E-state index in [0.29, 0.717) is 6.42 Å². The highest BCUT2D eigenvalue weighted by molar-refractivity contribution is 5.29. The van der Waals surface area contributed by atoms with Gasteiger partial charge < -0.3 is 5.11 Å². The van der Waals surface area contributed by atoms with Crippen LogP contribution in [-0.4, -0.2) is 11.7 Å². The number of benzene rings is 2. The fourth-order valence-electron chi connectivity index (χ4n) is 2.17. The van der Waals surface area contributed by atoms with Crippen molar-refractivity contribution in [2.75, 3.05) is 6.61 Å². The summed E-state index contributed by atoms with van der Waals surface area (Å²) in [6, 6.07) is 12.4. The first kappa shape index (κ1) is 13.7. The largest absolute Gasteiger partial charge is 0.395 e. The Balaban J connectivity index is 2.30. The summed E-state index contributed by atoms with van der Waals surface area (Å²) in [4.78, 5) is 0. The molecular weight excluding hydrogens is 246 g/mol. The molecule has 0 saturated heterocycles. The Bertz CT molecular complexity index is 551. The molecular formula is C16H16F2O. The lowest BCUT2D eigenvalue weighted by molar-refractivity contribution is 0.204. The molecule has 0 radical (unpaired) electrons. The molecule has 0 heterocycles. The minimum Gasteiger partial charge on any atom is -0.395 e. The van der Waals surface area contributed by atoms with Crippen molar-refractivity contribution < 1.29 is 13.9 Å². The van der Waals surface area contributed by atoms with E-state index < -0.39 is 5.41 Å². The first-order valence-corrected chi connectivity index (χ1v) is 6.15. The molecule has 0 aromatic heterocycles. The molecule has 0 fully saturated rings. The summed E-state index contributed by atoms with van der Waals surface area (Å²) in [6.45, 7) is 1.76. The Kier molecular flexibility index (Phi) is 3.96. The van der Waals surface area contributed by atoms with Crippen LogP contribution in [-0.2, 0) is 11.8 Å². The summed E-state index contributed by atoms with van der Waals surface area (Å²) >= 11 is 0. The Morgan fingerprint density at radius 2 is 1.68 bits per heavy atom. The van der Waals surface area contributed by atoms with Crippen molar-refractivity contribution in [3.05, 3.63) is 71.3 Å². The molecule has 1 unspecified atom stereocenters. The van der Waals surface area contributed by atoms with Gasteiger partial charge in [-0.3, -0.25) is 0 Å². The van der Waals surface area contributed by atoms with E-state index >= 15 is 0 Å². The van der Waals surface area contributed by atoms with Gasteiger partial charge in [-0.05, 0) is 41.8 Å². The number of aliphatic hydroxyl groups is 1. The van der Waals surface area contributed by atoms with Gasteiger partial charge in [-0.1, -0.05) is 31.2 Å². The smallest absolute Gasteiger partial charge is 0.123 e. The van der Waals surface area contributed by atoms with Gasteiger partial charge in [0.25, 0.3) is 0 Å². The maximum Gasteiger partial charge on any atom is 0.123 e. The van der Waals surface area contributed by atoms with Crippen LogP contribution < -0.4 is 0 Å². The zero-order valence-corrected chi connectivity index (χ0v) is 10.7. The highest BCUT2D eigenvalue weighted by Crippen LogP contribution is 2.28. The standard InChI is InChI=1S/C16H16F2O/c1-16(11-19,13-3-2-4-15(18)9-13)10-12-5-7-14(17)8-6-12/h2-9,19H,10-11H2,1H3. The van der Waals surface area contributed by atoms with Crippen LogP contribution in [0, 0.1) is 11.6 Å². The topological polar surface area (TPSA) is 20.2 Å². The van der Waals surface area contributed by atoms with Crippen LogP contribution in [0.3, 0.4) is 0 Å². The van der Waals surface area contributed by atoms with E-state index in [1.54, 1.807) is 24.3 Å². The molecule has 100 valence electrons. The molecule has 19 heavy (non-hydrogen) atoms. The van der Waals surface area contributed by atoms with Gasteiger partial charge in [0.1, 0.15) is 11.6 Å². The summed E-state index contributed by atoms with van der Waals surface area (Å²) < 4.78 is 26.2. The second-order valence-corrected chi connectivity index (χ2v) is 5.03. The summed E-state index contributed by atoms with van der Waals surface area (Å²) in [5, 5.41) is 9.65. The van der Waals surface area contributed by atoms with Crippen molar-refractivity contribution in [1.29, 1.82) is 0 Å². The molecule has 0 aliphatic rings. The molecule has 1 atom stereocenters. The lowest BCUT2D eigenvalue weighted by Gasteiger charge is -2.28. The third-order valence-electron chi connectivity index (χ3n) is 3.38. The third kappa shape index (κ3) is 3.18. The predicted octanol–water partition coefficient (Wildman–Crippen LogP) is 3.46. The monoisotopic (exact) mass is 262 g/mol. The van der Waals surface area contributed by atoms with Gasteiger partial charge in [0.2, 0.25) is 0 Å².